The van der Waals surface area contributed by atoms with Gasteiger partial charge < -0.3 is 14.8 Å². The van der Waals surface area contributed by atoms with Gasteiger partial charge in [-0.1, -0.05) is 24.6 Å². The minimum Gasteiger partial charge on any atom is -0.508 e. The molecule has 136 valence electrons. The highest BCUT2D eigenvalue weighted by atomic mass is 16.5. The molecule has 2 N–H and O–H groups in total. The maximum atomic E-state index is 12.7. The number of aromatic hydroxyl groups is 1. The van der Waals surface area contributed by atoms with Gasteiger partial charge in [-0.2, -0.15) is 0 Å². The average molecular weight is 355 g/mol. The molecule has 0 unspecified atom stereocenters. The second kappa shape index (κ2) is 6.25. The van der Waals surface area contributed by atoms with Gasteiger partial charge in [-0.25, -0.2) is 0 Å². The van der Waals surface area contributed by atoms with E-state index in [9.17, 15) is 19.7 Å². The first kappa shape index (κ1) is 17.3. The Balaban J connectivity index is 1.75. The van der Waals surface area contributed by atoms with Crippen LogP contribution in [0.1, 0.15) is 37.9 Å². The van der Waals surface area contributed by atoms with Crippen molar-refractivity contribution in [2.45, 2.75) is 32.3 Å². The third-order valence-electron chi connectivity index (χ3n) is 6.10. The number of phenols is 1. The summed E-state index contributed by atoms with van der Waals surface area (Å²) in [6, 6.07) is 6.75. The lowest BCUT2D eigenvalue weighted by molar-refractivity contribution is -0.138. The van der Waals surface area contributed by atoms with Crippen molar-refractivity contribution in [1.29, 1.82) is 0 Å². The van der Waals surface area contributed by atoms with Gasteiger partial charge in [-0.05, 0) is 48.3 Å². The summed E-state index contributed by atoms with van der Waals surface area (Å²) in [6.07, 6.45) is 1.31. The molecule has 2 amide bonds. The monoisotopic (exact) mass is 355 g/mol. The zero-order valence-electron chi connectivity index (χ0n) is 14.9. The SMILES string of the molecule is CCC1=C2B(O)O[C@H](c3cccc(O)c3)C[C@H]2[C@H]2C(=O)N(C)C(=O)[C@H]2C1. The molecule has 2 fully saturated rings. The number of hydrogen-bond acceptors (Lipinski definition) is 5. The molecule has 4 rings (SSSR count). The summed E-state index contributed by atoms with van der Waals surface area (Å²) in [5.74, 6) is -1.16. The Bertz CT molecular complexity index is 807. The number of imide groups is 1. The Morgan fingerprint density at radius 1 is 1.27 bits per heavy atom. The molecular formula is C19H22BNO5. The van der Waals surface area contributed by atoms with Gasteiger partial charge in [0.1, 0.15) is 5.75 Å². The van der Waals surface area contributed by atoms with E-state index in [4.69, 9.17) is 4.65 Å². The first-order valence-corrected chi connectivity index (χ1v) is 9.08. The van der Waals surface area contributed by atoms with Crippen LogP contribution in [-0.4, -0.2) is 41.0 Å². The molecule has 3 aliphatic rings. The Hall–Kier alpha value is -2.12. The normalized spacial score (nSPS) is 31.3. The predicted molar refractivity (Wildman–Crippen MR) is 94.7 cm³/mol. The third kappa shape index (κ3) is 2.49. The lowest BCUT2D eigenvalue weighted by atomic mass is 9.55. The van der Waals surface area contributed by atoms with Gasteiger partial charge in [-0.3, -0.25) is 14.5 Å². The van der Waals surface area contributed by atoms with Gasteiger partial charge in [-0.15, -0.1) is 0 Å². The first-order valence-electron chi connectivity index (χ1n) is 9.08. The summed E-state index contributed by atoms with van der Waals surface area (Å²) < 4.78 is 5.84. The highest BCUT2D eigenvalue weighted by Crippen LogP contribution is 2.51. The molecule has 6 nitrogen and oxygen atoms in total. The van der Waals surface area contributed by atoms with Crippen LogP contribution in [0.15, 0.2) is 35.3 Å². The van der Waals surface area contributed by atoms with Crippen molar-refractivity contribution in [2.75, 3.05) is 7.05 Å². The molecule has 0 radical (unpaired) electrons. The molecule has 4 atom stereocenters. The van der Waals surface area contributed by atoms with Crippen molar-refractivity contribution < 1.29 is 24.4 Å². The van der Waals surface area contributed by atoms with E-state index in [-0.39, 0.29) is 29.4 Å². The van der Waals surface area contributed by atoms with Gasteiger partial charge in [0.2, 0.25) is 11.8 Å². The predicted octanol–water partition coefficient (Wildman–Crippen LogP) is 1.83. The lowest BCUT2D eigenvalue weighted by Gasteiger charge is -2.42. The van der Waals surface area contributed by atoms with Crippen molar-refractivity contribution in [1.82, 2.24) is 4.90 Å². The summed E-state index contributed by atoms with van der Waals surface area (Å²) >= 11 is 0. The van der Waals surface area contributed by atoms with Crippen LogP contribution >= 0.6 is 0 Å². The van der Waals surface area contributed by atoms with Gasteiger partial charge in [0.05, 0.1) is 17.9 Å². The summed E-state index contributed by atoms with van der Waals surface area (Å²) in [5, 5.41) is 20.4. The molecule has 2 aliphatic heterocycles. The molecule has 0 saturated carbocycles. The van der Waals surface area contributed by atoms with Gasteiger partial charge >= 0.3 is 7.12 Å². The molecule has 0 spiro atoms. The highest BCUT2D eigenvalue weighted by molar-refractivity contribution is 6.53. The number of fused-ring (bicyclic) bond motifs is 3. The van der Waals surface area contributed by atoms with Crippen LogP contribution in [0.25, 0.3) is 0 Å². The summed E-state index contributed by atoms with van der Waals surface area (Å²) in [6.45, 7) is 2.00. The fourth-order valence-corrected chi connectivity index (χ4v) is 4.85. The molecule has 2 saturated heterocycles. The average Bonchev–Trinajstić information content (AvgIpc) is 2.85. The van der Waals surface area contributed by atoms with Gasteiger partial charge in [0.25, 0.3) is 0 Å². The Morgan fingerprint density at radius 2 is 2.04 bits per heavy atom. The van der Waals surface area contributed by atoms with Crippen LogP contribution < -0.4 is 0 Å². The number of likely N-dealkylation sites (tertiary alicyclic amines) is 1. The van der Waals surface area contributed by atoms with Crippen molar-refractivity contribution in [3.05, 3.63) is 40.9 Å². The molecule has 7 heteroatoms. The second-order valence-electron chi connectivity index (χ2n) is 7.40. The fourth-order valence-electron chi connectivity index (χ4n) is 4.85. The topological polar surface area (TPSA) is 87.1 Å². The molecular weight excluding hydrogens is 333 g/mol. The van der Waals surface area contributed by atoms with E-state index in [1.54, 1.807) is 18.2 Å². The Labute approximate surface area is 152 Å². The number of nitrogens with zero attached hydrogens (tertiary/aromatic N) is 1. The number of hydrogen-bond donors (Lipinski definition) is 2. The van der Waals surface area contributed by atoms with E-state index in [1.165, 1.54) is 11.9 Å². The molecule has 1 aromatic rings. The zero-order valence-corrected chi connectivity index (χ0v) is 14.9. The molecule has 0 bridgehead atoms. The van der Waals surface area contributed by atoms with E-state index < -0.39 is 19.1 Å². The van der Waals surface area contributed by atoms with Crippen LogP contribution in [0.5, 0.6) is 5.75 Å². The number of allylic oxidation sites excluding steroid dienone is 2. The molecule has 26 heavy (non-hydrogen) atoms. The van der Waals surface area contributed by atoms with Crippen LogP contribution in [0.2, 0.25) is 0 Å². The van der Waals surface area contributed by atoms with E-state index in [1.807, 2.05) is 13.0 Å². The first-order chi connectivity index (χ1) is 12.4. The summed E-state index contributed by atoms with van der Waals surface area (Å²) in [4.78, 5) is 26.5. The van der Waals surface area contributed by atoms with Crippen molar-refractivity contribution in [2.24, 2.45) is 17.8 Å². The molecule has 2 heterocycles. The van der Waals surface area contributed by atoms with Crippen LogP contribution in [-0.2, 0) is 14.2 Å². The quantitative estimate of drug-likeness (QED) is 0.624. The minimum atomic E-state index is -1.09. The molecule has 1 aliphatic carbocycles. The van der Waals surface area contributed by atoms with E-state index in [2.05, 4.69) is 0 Å². The molecule has 0 aromatic heterocycles. The highest BCUT2D eigenvalue weighted by Gasteiger charge is 2.56. The van der Waals surface area contributed by atoms with Crippen LogP contribution in [0.3, 0.4) is 0 Å². The zero-order chi connectivity index (χ0) is 18.6. The standard InChI is InChI=1S/C19H22BNO5/c1-3-10-8-14-16(19(24)21(2)18(14)23)13-9-15(26-20(25)17(10)13)11-5-4-6-12(22)7-11/h4-7,13-16,22,25H,3,8-9H2,1-2H3/t13-,14-,15-,16+/m0/s1. The largest absolute Gasteiger partial charge is 0.508 e. The van der Waals surface area contributed by atoms with E-state index >= 15 is 0 Å². The third-order valence-corrected chi connectivity index (χ3v) is 6.10. The van der Waals surface area contributed by atoms with Crippen molar-refractivity contribution >= 4 is 18.9 Å². The van der Waals surface area contributed by atoms with E-state index in [0.717, 1.165) is 23.0 Å². The minimum absolute atomic E-state index is 0.125. The fraction of sp³-hybridized carbons (Fsp3) is 0.474. The smallest absolute Gasteiger partial charge is 0.487 e. The summed E-state index contributed by atoms with van der Waals surface area (Å²) in [5.41, 5.74) is 2.56. The number of carbonyl (C=O) groups excluding carboxylic acids is 2. The van der Waals surface area contributed by atoms with Crippen LogP contribution in [0.4, 0.5) is 0 Å². The van der Waals surface area contributed by atoms with Gasteiger partial charge in [0, 0.05) is 7.05 Å². The number of benzene rings is 1. The maximum Gasteiger partial charge on any atom is 0.487 e. The second-order valence-corrected chi connectivity index (χ2v) is 7.40. The van der Waals surface area contributed by atoms with Crippen LogP contribution in [0, 0.1) is 17.8 Å². The van der Waals surface area contributed by atoms with Crippen molar-refractivity contribution in [3.8, 4) is 5.75 Å². The van der Waals surface area contributed by atoms with Gasteiger partial charge in [0.15, 0.2) is 0 Å². The lowest BCUT2D eigenvalue weighted by Crippen LogP contribution is -2.44. The Morgan fingerprint density at radius 3 is 2.73 bits per heavy atom. The number of phenolic OH excluding ortho intramolecular Hbond substituents is 1. The van der Waals surface area contributed by atoms with E-state index in [0.29, 0.717) is 12.8 Å². The number of carbonyl (C=O) groups is 2. The Kier molecular flexibility index (Phi) is 4.16. The molecule has 1 aromatic carbocycles. The maximum absolute atomic E-state index is 12.7. The van der Waals surface area contributed by atoms with Crippen molar-refractivity contribution in [3.63, 3.8) is 0 Å². The number of rotatable bonds is 2. The number of amides is 2. The summed E-state index contributed by atoms with van der Waals surface area (Å²) in [7, 11) is 0.447.